The molecule has 0 saturated carbocycles. The van der Waals surface area contributed by atoms with Gasteiger partial charge in [0.15, 0.2) is 5.96 Å². The number of fused-ring (bicyclic) bond motifs is 1. The summed E-state index contributed by atoms with van der Waals surface area (Å²) in [5.74, 6) is 0.491. The molecule has 1 aromatic carbocycles. The quantitative estimate of drug-likeness (QED) is 0.258. The molecule has 0 spiro atoms. The Hall–Kier alpha value is -1.50. The van der Waals surface area contributed by atoms with Gasteiger partial charge in [0.2, 0.25) is 0 Å². The van der Waals surface area contributed by atoms with Gasteiger partial charge in [0.05, 0.1) is 6.54 Å². The normalized spacial score (nSPS) is 11.2. The summed E-state index contributed by atoms with van der Waals surface area (Å²) >= 11 is 0. The highest BCUT2D eigenvalue weighted by atomic mass is 127. The van der Waals surface area contributed by atoms with Crippen molar-refractivity contribution in [1.82, 2.24) is 9.88 Å². The van der Waals surface area contributed by atoms with Gasteiger partial charge in [0, 0.05) is 24.8 Å². The number of aromatic nitrogens is 1. The van der Waals surface area contributed by atoms with E-state index >= 15 is 0 Å². The summed E-state index contributed by atoms with van der Waals surface area (Å²) in [4.78, 5) is 4.19. The molecule has 2 aromatic rings. The van der Waals surface area contributed by atoms with E-state index in [1.165, 1.54) is 10.9 Å². The van der Waals surface area contributed by atoms with Gasteiger partial charge in [-0.3, -0.25) is 0 Å². The van der Waals surface area contributed by atoms with E-state index in [2.05, 4.69) is 58.0 Å². The monoisotopic (exact) mass is 398 g/mol. The number of benzene rings is 1. The predicted octanol–water partition coefficient (Wildman–Crippen LogP) is 3.13. The van der Waals surface area contributed by atoms with Gasteiger partial charge in [-0.2, -0.15) is 0 Å². The van der Waals surface area contributed by atoms with E-state index in [-0.39, 0.29) is 24.0 Å². The minimum absolute atomic E-state index is 0. The highest BCUT2D eigenvalue weighted by molar-refractivity contribution is 14.0. The largest absolute Gasteiger partial charge is 0.370 e. The number of guanidine groups is 1. The first-order valence-electron chi connectivity index (χ1n) is 6.89. The molecule has 0 radical (unpaired) electrons. The van der Waals surface area contributed by atoms with Crippen LogP contribution in [0.15, 0.2) is 53.7 Å². The van der Waals surface area contributed by atoms with Gasteiger partial charge in [0.25, 0.3) is 0 Å². The number of hydrogen-bond acceptors (Lipinski definition) is 1. The summed E-state index contributed by atoms with van der Waals surface area (Å²) < 4.78 is 2.26. The Bertz CT molecular complexity index is 616. The van der Waals surface area contributed by atoms with Crippen molar-refractivity contribution in [3.8, 4) is 0 Å². The average Bonchev–Trinajstić information content (AvgIpc) is 2.85. The molecule has 0 aliphatic rings. The van der Waals surface area contributed by atoms with Gasteiger partial charge >= 0.3 is 0 Å². The Morgan fingerprint density at radius 2 is 2.10 bits per heavy atom. The van der Waals surface area contributed by atoms with Crippen LogP contribution in [0.1, 0.15) is 13.3 Å². The van der Waals surface area contributed by atoms with Crippen LogP contribution < -0.4 is 11.1 Å². The molecule has 1 aromatic heterocycles. The first-order chi connectivity index (χ1) is 9.66. The molecule has 114 valence electrons. The van der Waals surface area contributed by atoms with Crippen LogP contribution in [0.5, 0.6) is 0 Å². The van der Waals surface area contributed by atoms with Crippen molar-refractivity contribution in [2.45, 2.75) is 19.9 Å². The summed E-state index contributed by atoms with van der Waals surface area (Å²) in [5.41, 5.74) is 8.05. The molecular formula is C16H23IN4. The zero-order valence-electron chi connectivity index (χ0n) is 12.4. The molecular weight excluding hydrogens is 375 g/mol. The molecule has 0 atom stereocenters. The lowest BCUT2D eigenvalue weighted by atomic mass is 10.2. The van der Waals surface area contributed by atoms with Gasteiger partial charge in [-0.25, -0.2) is 4.99 Å². The number of nitrogens with two attached hydrogens (primary N) is 1. The lowest BCUT2D eigenvalue weighted by Crippen LogP contribution is -2.33. The minimum Gasteiger partial charge on any atom is -0.370 e. The number of aliphatic imine (C=N–C) groups is 1. The van der Waals surface area contributed by atoms with Crippen molar-refractivity contribution in [1.29, 1.82) is 0 Å². The zero-order valence-corrected chi connectivity index (χ0v) is 14.7. The summed E-state index contributed by atoms with van der Waals surface area (Å²) in [6, 6.07) is 10.6. The van der Waals surface area contributed by atoms with Crippen molar-refractivity contribution in [3.05, 3.63) is 48.7 Å². The number of nitrogens with zero attached hydrogens (tertiary/aromatic N) is 2. The van der Waals surface area contributed by atoms with E-state index < -0.39 is 0 Å². The molecule has 0 bridgehead atoms. The summed E-state index contributed by atoms with van der Waals surface area (Å²) in [6.45, 7) is 8.10. The number of nitrogens with one attached hydrogen (secondary N) is 1. The van der Waals surface area contributed by atoms with E-state index in [9.17, 15) is 0 Å². The fraction of sp³-hybridized carbons (Fsp3) is 0.312. The Kier molecular flexibility index (Phi) is 7.28. The SMILES string of the molecule is C=C(C)CN=C(N)NCCCn1ccc2ccccc21.I. The lowest BCUT2D eigenvalue weighted by molar-refractivity contribution is 0.646. The number of halogens is 1. The first-order valence-corrected chi connectivity index (χ1v) is 6.89. The fourth-order valence-electron chi connectivity index (χ4n) is 2.08. The number of aryl methyl sites for hydroxylation is 1. The fourth-order valence-corrected chi connectivity index (χ4v) is 2.08. The second-order valence-electron chi connectivity index (χ2n) is 5.01. The van der Waals surface area contributed by atoms with Crippen molar-refractivity contribution >= 4 is 40.8 Å². The topological polar surface area (TPSA) is 55.3 Å². The summed E-state index contributed by atoms with van der Waals surface area (Å²) in [7, 11) is 0. The average molecular weight is 398 g/mol. The molecule has 0 aliphatic carbocycles. The molecule has 0 saturated heterocycles. The molecule has 0 unspecified atom stereocenters. The molecule has 1 heterocycles. The van der Waals surface area contributed by atoms with Crippen molar-refractivity contribution in [3.63, 3.8) is 0 Å². The van der Waals surface area contributed by atoms with Crippen LogP contribution >= 0.6 is 24.0 Å². The second-order valence-corrected chi connectivity index (χ2v) is 5.01. The van der Waals surface area contributed by atoms with Crippen LogP contribution in [0, 0.1) is 0 Å². The maximum Gasteiger partial charge on any atom is 0.188 e. The first kappa shape index (κ1) is 17.6. The number of rotatable bonds is 6. The standard InChI is InChI=1S/C16H22N4.HI/c1-13(2)12-19-16(17)18-9-5-10-20-11-8-14-6-3-4-7-15(14)20;/h3-4,6-8,11H,1,5,9-10,12H2,2H3,(H3,17,18,19);1H. The highest BCUT2D eigenvalue weighted by Gasteiger charge is 1.99. The molecule has 0 aliphatic heterocycles. The van der Waals surface area contributed by atoms with Crippen LogP contribution in [0.4, 0.5) is 0 Å². The molecule has 3 N–H and O–H groups in total. The van der Waals surface area contributed by atoms with Crippen LogP contribution in [-0.4, -0.2) is 23.6 Å². The van der Waals surface area contributed by atoms with Gasteiger partial charge in [-0.15, -0.1) is 24.0 Å². The maximum absolute atomic E-state index is 5.76. The van der Waals surface area contributed by atoms with Crippen molar-refractivity contribution in [2.24, 2.45) is 10.7 Å². The smallest absolute Gasteiger partial charge is 0.188 e. The van der Waals surface area contributed by atoms with Crippen LogP contribution in [0.3, 0.4) is 0 Å². The molecule has 21 heavy (non-hydrogen) atoms. The van der Waals surface area contributed by atoms with Gasteiger partial charge < -0.3 is 15.6 Å². The number of para-hydroxylation sites is 1. The van der Waals surface area contributed by atoms with E-state index in [0.29, 0.717) is 12.5 Å². The van der Waals surface area contributed by atoms with Crippen molar-refractivity contribution < 1.29 is 0 Å². The van der Waals surface area contributed by atoms with Crippen LogP contribution in [0.2, 0.25) is 0 Å². The molecule has 0 amide bonds. The maximum atomic E-state index is 5.76. The second kappa shape index (κ2) is 8.71. The van der Waals surface area contributed by atoms with Crippen molar-refractivity contribution in [2.75, 3.05) is 13.1 Å². The van der Waals surface area contributed by atoms with E-state index in [0.717, 1.165) is 25.1 Å². The summed E-state index contributed by atoms with van der Waals surface area (Å²) in [5, 5.41) is 4.40. The highest BCUT2D eigenvalue weighted by Crippen LogP contribution is 2.15. The Morgan fingerprint density at radius 1 is 1.33 bits per heavy atom. The van der Waals surface area contributed by atoms with E-state index in [1.54, 1.807) is 0 Å². The van der Waals surface area contributed by atoms with Gasteiger partial charge in [-0.05, 0) is 30.9 Å². The molecule has 0 fully saturated rings. The minimum atomic E-state index is 0. The Morgan fingerprint density at radius 3 is 2.86 bits per heavy atom. The number of hydrogen-bond donors (Lipinski definition) is 2. The van der Waals surface area contributed by atoms with Gasteiger partial charge in [0.1, 0.15) is 0 Å². The van der Waals surface area contributed by atoms with Crippen LogP contribution in [0.25, 0.3) is 10.9 Å². The summed E-state index contributed by atoms with van der Waals surface area (Å²) in [6.07, 6.45) is 3.13. The predicted molar refractivity (Wildman–Crippen MR) is 101 cm³/mol. The third-order valence-corrected chi connectivity index (χ3v) is 3.08. The molecule has 4 nitrogen and oxygen atoms in total. The lowest BCUT2D eigenvalue weighted by Gasteiger charge is -2.07. The Labute approximate surface area is 143 Å². The zero-order chi connectivity index (χ0) is 14.4. The third kappa shape index (κ3) is 5.41. The van der Waals surface area contributed by atoms with E-state index in [4.69, 9.17) is 5.73 Å². The Balaban J connectivity index is 0.00000220. The van der Waals surface area contributed by atoms with Gasteiger partial charge in [-0.1, -0.05) is 30.4 Å². The molecule has 2 rings (SSSR count). The van der Waals surface area contributed by atoms with E-state index in [1.807, 2.05) is 6.92 Å². The third-order valence-electron chi connectivity index (χ3n) is 3.08. The van der Waals surface area contributed by atoms with Crippen LogP contribution in [-0.2, 0) is 6.54 Å². The molecule has 5 heteroatoms.